The van der Waals surface area contributed by atoms with Crippen molar-refractivity contribution in [3.8, 4) is 0 Å². The van der Waals surface area contributed by atoms with E-state index in [9.17, 15) is 18.4 Å². The first-order valence-corrected chi connectivity index (χ1v) is 9.04. The maximum atomic E-state index is 13.7. The van der Waals surface area contributed by atoms with Crippen molar-refractivity contribution < 1.29 is 18.4 Å². The number of amides is 2. The van der Waals surface area contributed by atoms with Gasteiger partial charge in [-0.05, 0) is 49.9 Å². The molecule has 27 heavy (non-hydrogen) atoms. The van der Waals surface area contributed by atoms with Gasteiger partial charge >= 0.3 is 0 Å². The molecule has 1 aliphatic heterocycles. The van der Waals surface area contributed by atoms with Crippen LogP contribution in [0.4, 0.5) is 14.5 Å². The molecule has 1 aliphatic rings. The zero-order chi connectivity index (χ0) is 19.4. The van der Waals surface area contributed by atoms with Crippen molar-refractivity contribution >= 4 is 17.5 Å². The third-order valence-electron chi connectivity index (χ3n) is 4.74. The van der Waals surface area contributed by atoms with E-state index in [0.717, 1.165) is 37.8 Å². The van der Waals surface area contributed by atoms with E-state index in [1.807, 2.05) is 11.8 Å². The number of aromatic nitrogens is 1. The Balaban J connectivity index is 1.78. The number of carbonyl (C=O) groups is 2. The Morgan fingerprint density at radius 3 is 2.70 bits per heavy atom. The number of nitrogens with zero attached hydrogens (tertiary/aromatic N) is 2. The van der Waals surface area contributed by atoms with Crippen molar-refractivity contribution in [1.82, 2.24) is 9.88 Å². The van der Waals surface area contributed by atoms with Crippen LogP contribution in [-0.2, 0) is 0 Å². The molecule has 2 aromatic rings. The summed E-state index contributed by atoms with van der Waals surface area (Å²) in [5, 5.41) is 2.35. The standard InChI is InChI=1S/C20H21F2N3O2/c1-2-14-6-3-4-11-25(14)20(27)18-8-5-7-17(23-18)19(26)24-16-10-9-13(21)12-15(16)22/h5,7-10,12,14H,2-4,6,11H2,1H3,(H,24,26). The highest BCUT2D eigenvalue weighted by Crippen LogP contribution is 2.21. The average Bonchev–Trinajstić information content (AvgIpc) is 2.69. The maximum Gasteiger partial charge on any atom is 0.274 e. The highest BCUT2D eigenvalue weighted by molar-refractivity contribution is 6.04. The van der Waals surface area contributed by atoms with E-state index in [0.29, 0.717) is 12.6 Å². The minimum absolute atomic E-state index is 0.00497. The van der Waals surface area contributed by atoms with Crippen LogP contribution >= 0.6 is 0 Å². The minimum atomic E-state index is -0.880. The molecule has 1 aromatic carbocycles. The molecule has 1 fully saturated rings. The summed E-state index contributed by atoms with van der Waals surface area (Å²) in [7, 11) is 0. The first-order chi connectivity index (χ1) is 13.0. The highest BCUT2D eigenvalue weighted by Gasteiger charge is 2.27. The van der Waals surface area contributed by atoms with Crippen molar-refractivity contribution in [1.29, 1.82) is 0 Å². The zero-order valence-corrected chi connectivity index (χ0v) is 15.0. The van der Waals surface area contributed by atoms with Crippen molar-refractivity contribution in [2.75, 3.05) is 11.9 Å². The predicted octanol–water partition coefficient (Wildman–Crippen LogP) is 4.02. The Labute approximate surface area is 156 Å². The molecule has 1 saturated heterocycles. The number of benzene rings is 1. The summed E-state index contributed by atoms with van der Waals surface area (Å²) in [5.74, 6) is -2.48. The van der Waals surface area contributed by atoms with Crippen LogP contribution in [0.1, 0.15) is 53.6 Å². The highest BCUT2D eigenvalue weighted by atomic mass is 19.1. The van der Waals surface area contributed by atoms with Crippen LogP contribution in [0.3, 0.4) is 0 Å². The number of hydrogen-bond donors (Lipinski definition) is 1. The van der Waals surface area contributed by atoms with E-state index >= 15 is 0 Å². The van der Waals surface area contributed by atoms with Gasteiger partial charge < -0.3 is 10.2 Å². The van der Waals surface area contributed by atoms with E-state index in [2.05, 4.69) is 10.3 Å². The summed E-state index contributed by atoms with van der Waals surface area (Å²) >= 11 is 0. The van der Waals surface area contributed by atoms with Crippen LogP contribution in [0.25, 0.3) is 0 Å². The Bertz CT molecular complexity index is 857. The molecule has 2 amide bonds. The Hall–Kier alpha value is -2.83. The van der Waals surface area contributed by atoms with Gasteiger partial charge in [-0.1, -0.05) is 13.0 Å². The second-order valence-electron chi connectivity index (χ2n) is 6.54. The smallest absolute Gasteiger partial charge is 0.274 e. The largest absolute Gasteiger partial charge is 0.334 e. The summed E-state index contributed by atoms with van der Waals surface area (Å²) in [6.07, 6.45) is 3.88. The number of hydrogen-bond acceptors (Lipinski definition) is 3. The summed E-state index contributed by atoms with van der Waals surface area (Å²) in [5.41, 5.74) is 0.0271. The van der Waals surface area contributed by atoms with E-state index < -0.39 is 17.5 Å². The number of rotatable bonds is 4. The molecule has 3 rings (SSSR count). The number of halogens is 2. The zero-order valence-electron chi connectivity index (χ0n) is 15.0. The Morgan fingerprint density at radius 2 is 1.96 bits per heavy atom. The molecule has 5 nitrogen and oxygen atoms in total. The number of pyridine rings is 1. The van der Waals surface area contributed by atoms with Gasteiger partial charge in [0.1, 0.15) is 23.0 Å². The Kier molecular flexibility index (Phi) is 5.78. The minimum Gasteiger partial charge on any atom is -0.334 e. The van der Waals surface area contributed by atoms with Crippen molar-refractivity contribution in [3.63, 3.8) is 0 Å². The molecular formula is C20H21F2N3O2. The molecule has 1 unspecified atom stereocenters. The normalized spacial score (nSPS) is 16.9. The maximum absolute atomic E-state index is 13.7. The van der Waals surface area contributed by atoms with Gasteiger partial charge in [0.25, 0.3) is 11.8 Å². The van der Waals surface area contributed by atoms with Gasteiger partial charge in [-0.3, -0.25) is 9.59 Å². The van der Waals surface area contributed by atoms with E-state index in [1.54, 1.807) is 12.1 Å². The lowest BCUT2D eigenvalue weighted by Gasteiger charge is -2.35. The number of anilines is 1. The molecular weight excluding hydrogens is 352 g/mol. The third-order valence-corrected chi connectivity index (χ3v) is 4.74. The van der Waals surface area contributed by atoms with Gasteiger partial charge in [-0.15, -0.1) is 0 Å². The summed E-state index contributed by atoms with van der Waals surface area (Å²) < 4.78 is 26.7. The van der Waals surface area contributed by atoms with Gasteiger partial charge in [0.2, 0.25) is 0 Å². The van der Waals surface area contributed by atoms with Crippen molar-refractivity contribution in [3.05, 3.63) is 59.4 Å². The average molecular weight is 373 g/mol. The second-order valence-corrected chi connectivity index (χ2v) is 6.54. The van der Waals surface area contributed by atoms with E-state index in [1.165, 1.54) is 6.07 Å². The first-order valence-electron chi connectivity index (χ1n) is 9.04. The van der Waals surface area contributed by atoms with Crippen molar-refractivity contribution in [2.24, 2.45) is 0 Å². The lowest BCUT2D eigenvalue weighted by atomic mass is 9.99. The molecule has 0 bridgehead atoms. The third kappa shape index (κ3) is 4.30. The molecule has 142 valence electrons. The second kappa shape index (κ2) is 8.24. The van der Waals surface area contributed by atoms with Crippen LogP contribution in [0.15, 0.2) is 36.4 Å². The van der Waals surface area contributed by atoms with Crippen LogP contribution in [-0.4, -0.2) is 34.3 Å². The SMILES string of the molecule is CCC1CCCCN1C(=O)c1cccc(C(=O)Nc2ccc(F)cc2F)n1. The van der Waals surface area contributed by atoms with Crippen LogP contribution in [0.5, 0.6) is 0 Å². The number of nitrogens with one attached hydrogen (secondary N) is 1. The molecule has 0 aliphatic carbocycles. The molecule has 0 radical (unpaired) electrons. The quantitative estimate of drug-likeness (QED) is 0.881. The van der Waals surface area contributed by atoms with Gasteiger partial charge in [-0.25, -0.2) is 13.8 Å². The van der Waals surface area contributed by atoms with Gasteiger partial charge in [0, 0.05) is 18.7 Å². The van der Waals surface area contributed by atoms with Crippen LogP contribution in [0, 0.1) is 11.6 Å². The van der Waals surface area contributed by atoms with Crippen LogP contribution in [0.2, 0.25) is 0 Å². The van der Waals surface area contributed by atoms with Crippen LogP contribution < -0.4 is 5.32 Å². The number of carbonyl (C=O) groups excluding carboxylic acids is 2. The summed E-state index contributed by atoms with van der Waals surface area (Å²) in [4.78, 5) is 31.2. The fraction of sp³-hybridized carbons (Fsp3) is 0.350. The molecule has 2 heterocycles. The topological polar surface area (TPSA) is 62.3 Å². The van der Waals surface area contributed by atoms with Gasteiger partial charge in [-0.2, -0.15) is 0 Å². The van der Waals surface area contributed by atoms with E-state index in [-0.39, 0.29) is 29.0 Å². The fourth-order valence-corrected chi connectivity index (χ4v) is 3.30. The lowest BCUT2D eigenvalue weighted by molar-refractivity contribution is 0.0602. The van der Waals surface area contributed by atoms with Gasteiger partial charge in [0.05, 0.1) is 5.69 Å². The van der Waals surface area contributed by atoms with Gasteiger partial charge in [0.15, 0.2) is 0 Å². The monoisotopic (exact) mass is 373 g/mol. The number of piperidine rings is 1. The molecule has 0 spiro atoms. The molecule has 7 heteroatoms. The molecule has 1 N–H and O–H groups in total. The first kappa shape index (κ1) is 18.9. The van der Waals surface area contributed by atoms with E-state index in [4.69, 9.17) is 0 Å². The molecule has 1 aromatic heterocycles. The molecule has 0 saturated carbocycles. The fourth-order valence-electron chi connectivity index (χ4n) is 3.30. The molecule has 1 atom stereocenters. The lowest BCUT2D eigenvalue weighted by Crippen LogP contribution is -2.43. The predicted molar refractivity (Wildman–Crippen MR) is 97.5 cm³/mol. The Morgan fingerprint density at radius 1 is 1.19 bits per heavy atom. The summed E-state index contributed by atoms with van der Waals surface area (Å²) in [6.45, 7) is 2.72. The number of likely N-dealkylation sites (tertiary alicyclic amines) is 1. The summed E-state index contributed by atoms with van der Waals surface area (Å²) in [6, 6.07) is 7.63. The van der Waals surface area contributed by atoms with Crippen molar-refractivity contribution in [2.45, 2.75) is 38.6 Å².